The van der Waals surface area contributed by atoms with Crippen molar-refractivity contribution in [1.29, 1.82) is 0 Å². The molecule has 0 saturated carbocycles. The zero-order valence-electron chi connectivity index (χ0n) is 32.2. The molecule has 0 spiro atoms. The first-order valence-electron chi connectivity index (χ1n) is 18.2. The number of anilines is 2. The van der Waals surface area contributed by atoms with Gasteiger partial charge < -0.3 is 18.8 Å². The number of aromatic nitrogens is 4. The summed E-state index contributed by atoms with van der Waals surface area (Å²) in [7, 11) is -3.06. The highest BCUT2D eigenvalue weighted by atomic mass is 32.1. The number of thiazole rings is 2. The molecule has 3 aromatic heterocycles. The summed E-state index contributed by atoms with van der Waals surface area (Å²) in [6.45, 7) is 25.2. The quantitative estimate of drug-likeness (QED) is 0.0711. The Balaban J connectivity index is 1.45. The monoisotopic (exact) mass is 768 g/mol. The molecule has 1 aromatic carbocycles. The fourth-order valence-corrected chi connectivity index (χ4v) is 9.62. The van der Waals surface area contributed by atoms with E-state index in [0.717, 1.165) is 86.9 Å². The van der Waals surface area contributed by atoms with E-state index >= 15 is 0 Å². The van der Waals surface area contributed by atoms with Crippen molar-refractivity contribution in [2.45, 2.75) is 117 Å². The molecule has 0 fully saturated rings. The van der Waals surface area contributed by atoms with Crippen LogP contribution in [0.4, 0.5) is 16.8 Å². The largest absolute Gasteiger partial charge is 0.461 e. The number of nitrogens with zero attached hydrogens (tertiary/aromatic N) is 6. The van der Waals surface area contributed by atoms with Gasteiger partial charge in [0.2, 0.25) is 0 Å². The normalized spacial score (nSPS) is 14.6. The minimum atomic E-state index is -1.86. The number of benzene rings is 1. The van der Waals surface area contributed by atoms with Crippen molar-refractivity contribution in [3.63, 3.8) is 0 Å². The maximum Gasteiger partial charge on any atom is 0.358 e. The van der Waals surface area contributed by atoms with Gasteiger partial charge in [-0.1, -0.05) is 63.9 Å². The van der Waals surface area contributed by atoms with Gasteiger partial charge in [0, 0.05) is 43.8 Å². The first-order chi connectivity index (χ1) is 24.1. The lowest BCUT2D eigenvalue weighted by Crippen LogP contribution is -2.41. The van der Waals surface area contributed by atoms with E-state index < -0.39 is 16.4 Å². The van der Waals surface area contributed by atoms with Crippen LogP contribution in [0.3, 0.4) is 0 Å². The molecule has 278 valence electrons. The van der Waals surface area contributed by atoms with Gasteiger partial charge in [-0.2, -0.15) is 4.99 Å². The molecule has 5 rings (SSSR count). The van der Waals surface area contributed by atoms with Gasteiger partial charge in [-0.05, 0) is 82.3 Å². The van der Waals surface area contributed by atoms with Gasteiger partial charge in [0.15, 0.2) is 35.6 Å². The number of esters is 1. The van der Waals surface area contributed by atoms with E-state index in [1.807, 2.05) is 6.92 Å². The van der Waals surface area contributed by atoms with Crippen molar-refractivity contribution >= 4 is 72.0 Å². The maximum atomic E-state index is 13.1. The second-order valence-corrected chi connectivity index (χ2v) is 28.5. The fraction of sp³-hybridized carbons (Fsp3) is 0.595. The summed E-state index contributed by atoms with van der Waals surface area (Å²) in [5.74, 6) is 1.03. The lowest BCUT2D eigenvalue weighted by molar-refractivity contribution is 0.0519. The minimum Gasteiger partial charge on any atom is -0.461 e. The predicted octanol–water partition coefficient (Wildman–Crippen LogP) is 9.41. The third-order valence-electron chi connectivity index (χ3n) is 9.82. The number of fused-ring (bicyclic) bond motifs is 2. The number of rotatable bonds is 14. The number of aryl methyl sites for hydroxylation is 1. The lowest BCUT2D eigenvalue weighted by Gasteiger charge is -2.36. The Kier molecular flexibility index (Phi) is 12.8. The highest BCUT2D eigenvalue weighted by molar-refractivity contribution is 7.16. The SMILES string of the molecule is CCOC(=O)c1nc(N2CCCCc3c2nnc(/N=c2\sc4ccccc4n2COCC[Si](C)(C)C)c3C)sc1CCCO[Si](C)(C)C(C)(C)C. The van der Waals surface area contributed by atoms with Crippen LogP contribution >= 0.6 is 22.7 Å². The van der Waals surface area contributed by atoms with E-state index in [1.54, 1.807) is 22.7 Å². The van der Waals surface area contributed by atoms with Crippen molar-refractivity contribution < 1.29 is 18.7 Å². The van der Waals surface area contributed by atoms with Crippen LogP contribution in [0, 0.1) is 6.92 Å². The summed E-state index contributed by atoms with van der Waals surface area (Å²) < 4.78 is 21.4. The Labute approximate surface area is 313 Å². The van der Waals surface area contributed by atoms with Crippen molar-refractivity contribution in [1.82, 2.24) is 19.7 Å². The Morgan fingerprint density at radius 1 is 1.04 bits per heavy atom. The van der Waals surface area contributed by atoms with E-state index in [0.29, 0.717) is 37.9 Å². The van der Waals surface area contributed by atoms with Gasteiger partial charge in [0.25, 0.3) is 0 Å². The second kappa shape index (κ2) is 16.5. The topological polar surface area (TPSA) is 104 Å². The van der Waals surface area contributed by atoms with Gasteiger partial charge in [0.1, 0.15) is 6.73 Å². The van der Waals surface area contributed by atoms with Crippen LogP contribution in [0.25, 0.3) is 10.2 Å². The molecule has 51 heavy (non-hydrogen) atoms. The van der Waals surface area contributed by atoms with Gasteiger partial charge in [-0.3, -0.25) is 4.57 Å². The van der Waals surface area contributed by atoms with E-state index in [9.17, 15) is 4.79 Å². The highest BCUT2D eigenvalue weighted by Crippen LogP contribution is 2.39. The predicted molar refractivity (Wildman–Crippen MR) is 215 cm³/mol. The summed E-state index contributed by atoms with van der Waals surface area (Å²) in [5, 5.41) is 10.4. The van der Waals surface area contributed by atoms with Crippen LogP contribution in [0.2, 0.25) is 43.8 Å². The zero-order chi connectivity index (χ0) is 37.0. The molecular formula is C37H56N6O4S2Si2. The van der Waals surface area contributed by atoms with Gasteiger partial charge >= 0.3 is 5.97 Å². The van der Waals surface area contributed by atoms with Crippen molar-refractivity contribution in [2.75, 3.05) is 31.3 Å². The summed E-state index contributed by atoms with van der Waals surface area (Å²) in [6.07, 6.45) is 4.35. The second-order valence-electron chi connectivity index (χ2n) is 16.0. The van der Waals surface area contributed by atoms with E-state index in [-0.39, 0.29) is 11.0 Å². The van der Waals surface area contributed by atoms with E-state index in [1.165, 1.54) is 0 Å². The number of hydrogen-bond donors (Lipinski definition) is 0. The molecule has 14 heteroatoms. The van der Waals surface area contributed by atoms with Crippen molar-refractivity contribution in [2.24, 2.45) is 4.99 Å². The average Bonchev–Trinajstić information content (AvgIpc) is 3.55. The molecule has 4 aromatic rings. The molecule has 0 radical (unpaired) electrons. The molecule has 1 aliphatic heterocycles. The van der Waals surface area contributed by atoms with Gasteiger partial charge in [-0.15, -0.1) is 21.5 Å². The number of hydrogen-bond acceptors (Lipinski definition) is 11. The summed E-state index contributed by atoms with van der Waals surface area (Å²) in [4.78, 5) is 27.0. The number of carbonyl (C=O) groups is 1. The van der Waals surface area contributed by atoms with E-state index in [4.69, 9.17) is 34.1 Å². The Morgan fingerprint density at radius 3 is 2.53 bits per heavy atom. The average molecular weight is 769 g/mol. The van der Waals surface area contributed by atoms with Crippen molar-refractivity contribution in [3.8, 4) is 0 Å². The van der Waals surface area contributed by atoms with Crippen molar-refractivity contribution in [3.05, 3.63) is 50.8 Å². The summed E-state index contributed by atoms with van der Waals surface area (Å²) in [6, 6.07) is 9.47. The first-order valence-corrected chi connectivity index (χ1v) is 26.5. The molecule has 0 amide bonds. The molecular weight excluding hydrogens is 713 g/mol. The van der Waals surface area contributed by atoms with Crippen LogP contribution < -0.4 is 9.70 Å². The highest BCUT2D eigenvalue weighted by Gasteiger charge is 2.37. The molecule has 0 unspecified atom stereocenters. The molecule has 10 nitrogen and oxygen atoms in total. The Hall–Kier alpha value is -2.76. The van der Waals surface area contributed by atoms with Crippen LogP contribution in [0.5, 0.6) is 0 Å². The standard InChI is InChI=1S/C37H56N6O4S2Si2/c1-11-46-34(44)31-30(20-16-22-47-51(9,10)37(3,4)5)49-35(38-31)42-21-15-14-17-27-26(2)32(40-41-33(27)42)39-36-43(25-45-23-24-50(6,7)8)28-18-12-13-19-29(28)48-36/h12-13,18-19H,11,14-17,20-25H2,1-10H3/b39-36-. The lowest BCUT2D eigenvalue weighted by atomic mass is 10.1. The summed E-state index contributed by atoms with van der Waals surface area (Å²) in [5.41, 5.74) is 3.63. The molecule has 0 N–H and O–H groups in total. The molecule has 0 atom stereocenters. The first kappa shape index (κ1) is 39.5. The van der Waals surface area contributed by atoms with Crippen LogP contribution in [0.1, 0.15) is 73.4 Å². The third kappa shape index (κ3) is 9.62. The molecule has 0 bridgehead atoms. The van der Waals surface area contributed by atoms with Crippen LogP contribution in [0.15, 0.2) is 29.3 Å². The van der Waals surface area contributed by atoms with Crippen LogP contribution in [-0.4, -0.2) is 68.5 Å². The molecule has 0 aliphatic carbocycles. The number of para-hydroxylation sites is 1. The fourth-order valence-electron chi connectivity index (χ4n) is 5.63. The molecule has 1 aliphatic rings. The molecule has 4 heterocycles. The number of carbonyl (C=O) groups excluding carboxylic acids is 1. The van der Waals surface area contributed by atoms with Crippen LogP contribution in [-0.2, 0) is 33.5 Å². The smallest absolute Gasteiger partial charge is 0.358 e. The summed E-state index contributed by atoms with van der Waals surface area (Å²) >= 11 is 3.19. The third-order valence-corrected chi connectivity index (χ3v) is 18.3. The minimum absolute atomic E-state index is 0.147. The van der Waals surface area contributed by atoms with Gasteiger partial charge in [-0.25, -0.2) is 9.78 Å². The van der Waals surface area contributed by atoms with Gasteiger partial charge in [0.05, 0.1) is 16.8 Å². The van der Waals surface area contributed by atoms with E-state index in [2.05, 4.69) is 94.2 Å². The number of ether oxygens (including phenoxy) is 2. The zero-order valence-corrected chi connectivity index (χ0v) is 35.9. The maximum absolute atomic E-state index is 13.1. The Bertz CT molecular complexity index is 1890. The molecule has 0 saturated heterocycles. The Morgan fingerprint density at radius 2 is 1.80 bits per heavy atom.